The smallest absolute Gasteiger partial charge is 0.272 e. The molecule has 1 aliphatic rings. The summed E-state index contributed by atoms with van der Waals surface area (Å²) >= 11 is 7.42. The van der Waals surface area contributed by atoms with E-state index in [2.05, 4.69) is 0 Å². The van der Waals surface area contributed by atoms with Gasteiger partial charge >= 0.3 is 0 Å². The number of nitrogens with zero attached hydrogens (tertiary/aromatic N) is 1. The van der Waals surface area contributed by atoms with E-state index < -0.39 is 11.8 Å². The second-order valence-corrected chi connectivity index (χ2v) is 8.12. The van der Waals surface area contributed by atoms with Crippen LogP contribution >= 0.6 is 23.4 Å². The van der Waals surface area contributed by atoms with E-state index in [1.54, 1.807) is 30.5 Å². The van der Waals surface area contributed by atoms with Crippen molar-refractivity contribution < 1.29 is 18.7 Å². The molecule has 30 heavy (non-hydrogen) atoms. The van der Waals surface area contributed by atoms with Crippen LogP contribution in [0.1, 0.15) is 16.9 Å². The van der Waals surface area contributed by atoms with Crippen molar-refractivity contribution in [3.63, 3.8) is 0 Å². The van der Waals surface area contributed by atoms with Gasteiger partial charge in [-0.2, -0.15) is 0 Å². The molecule has 0 atom stereocenters. The normalized spacial score (nSPS) is 14.0. The first-order valence-corrected chi connectivity index (χ1v) is 10.5. The highest BCUT2D eigenvalue weighted by Gasteiger charge is 2.41. The van der Waals surface area contributed by atoms with Crippen molar-refractivity contribution in [1.29, 1.82) is 0 Å². The molecule has 4 rings (SSSR count). The van der Waals surface area contributed by atoms with E-state index in [-0.39, 0.29) is 0 Å². The Balaban J connectivity index is 1.79. The minimum atomic E-state index is -0.411. The average molecular weight is 440 g/mol. The maximum Gasteiger partial charge on any atom is 0.272 e. The first kappa shape index (κ1) is 20.3. The predicted octanol–water partition coefficient (Wildman–Crippen LogP) is 5.47. The summed E-state index contributed by atoms with van der Waals surface area (Å²) in [6.07, 6.45) is 1.58. The van der Waals surface area contributed by atoms with Gasteiger partial charge in [0.05, 0.1) is 35.3 Å². The molecule has 1 aromatic heterocycles. The number of anilines is 1. The number of rotatable bonds is 6. The van der Waals surface area contributed by atoms with Gasteiger partial charge in [-0.25, -0.2) is 4.90 Å². The van der Waals surface area contributed by atoms with Crippen LogP contribution in [-0.2, 0) is 15.3 Å². The molecule has 0 N–H and O–H groups in total. The number of hydrogen-bond donors (Lipinski definition) is 0. The molecule has 0 fully saturated rings. The number of halogens is 1. The molecule has 152 valence electrons. The standard InChI is InChI=1S/C23H18ClNO4S/c1-14-5-7-15(8-6-14)20-21(30-13-17-4-3-11-29-17)23(27)25(22(20)26)18-12-16(24)9-10-19(18)28-2/h3-12H,13H2,1-2H3. The van der Waals surface area contributed by atoms with Gasteiger partial charge in [-0.3, -0.25) is 9.59 Å². The molecule has 2 heterocycles. The summed E-state index contributed by atoms with van der Waals surface area (Å²) in [5, 5.41) is 0.403. The van der Waals surface area contributed by atoms with Crippen LogP contribution < -0.4 is 9.64 Å². The minimum Gasteiger partial charge on any atom is -0.495 e. The van der Waals surface area contributed by atoms with E-state index in [9.17, 15) is 9.59 Å². The highest BCUT2D eigenvalue weighted by Crippen LogP contribution is 2.42. The van der Waals surface area contributed by atoms with Crippen molar-refractivity contribution in [2.75, 3.05) is 12.0 Å². The number of imide groups is 1. The second kappa shape index (κ2) is 8.42. The number of aryl methyl sites for hydroxylation is 1. The van der Waals surface area contributed by atoms with Crippen LogP contribution in [-0.4, -0.2) is 18.9 Å². The molecule has 0 saturated heterocycles. The van der Waals surface area contributed by atoms with Crippen molar-refractivity contribution in [3.05, 3.63) is 87.7 Å². The number of methoxy groups -OCH3 is 1. The summed E-state index contributed by atoms with van der Waals surface area (Å²) in [6, 6.07) is 16.0. The van der Waals surface area contributed by atoms with Crippen LogP contribution in [0, 0.1) is 6.92 Å². The van der Waals surface area contributed by atoms with Gasteiger partial charge in [0, 0.05) is 5.02 Å². The fourth-order valence-electron chi connectivity index (χ4n) is 3.21. The number of benzene rings is 2. The zero-order valence-electron chi connectivity index (χ0n) is 16.3. The third-order valence-electron chi connectivity index (χ3n) is 4.70. The monoisotopic (exact) mass is 439 g/mol. The molecule has 0 radical (unpaired) electrons. The fourth-order valence-corrected chi connectivity index (χ4v) is 4.39. The Kier molecular flexibility index (Phi) is 5.70. The molecule has 3 aromatic rings. The molecule has 0 bridgehead atoms. The van der Waals surface area contributed by atoms with E-state index in [1.807, 2.05) is 37.3 Å². The lowest BCUT2D eigenvalue weighted by Crippen LogP contribution is -2.31. The molecule has 7 heteroatoms. The van der Waals surface area contributed by atoms with Crippen LogP contribution in [0.3, 0.4) is 0 Å². The van der Waals surface area contributed by atoms with Gasteiger partial charge in [-0.1, -0.05) is 41.4 Å². The van der Waals surface area contributed by atoms with E-state index in [0.717, 1.165) is 16.2 Å². The molecule has 0 spiro atoms. The minimum absolute atomic E-state index is 0.318. The zero-order valence-corrected chi connectivity index (χ0v) is 17.9. The number of carbonyl (C=O) groups excluding carboxylic acids is 2. The van der Waals surface area contributed by atoms with Gasteiger partial charge in [-0.05, 0) is 42.8 Å². The summed E-state index contributed by atoms with van der Waals surface area (Å²) in [5.41, 5.74) is 2.43. The predicted molar refractivity (Wildman–Crippen MR) is 119 cm³/mol. The van der Waals surface area contributed by atoms with Crippen molar-refractivity contribution in [3.8, 4) is 5.75 Å². The molecule has 0 unspecified atom stereocenters. The Morgan fingerprint density at radius 3 is 2.50 bits per heavy atom. The highest BCUT2D eigenvalue weighted by atomic mass is 35.5. The first-order chi connectivity index (χ1) is 14.5. The summed E-state index contributed by atoms with van der Waals surface area (Å²) in [5.74, 6) is 0.715. The zero-order chi connectivity index (χ0) is 21.3. The maximum atomic E-state index is 13.5. The average Bonchev–Trinajstić information content (AvgIpc) is 3.33. The lowest BCUT2D eigenvalue weighted by Gasteiger charge is -2.18. The third-order valence-corrected chi connectivity index (χ3v) is 6.03. The number of carbonyl (C=O) groups is 2. The number of thioether (sulfide) groups is 1. The van der Waals surface area contributed by atoms with E-state index in [4.69, 9.17) is 20.8 Å². The number of amides is 2. The largest absolute Gasteiger partial charge is 0.495 e. The summed E-state index contributed by atoms with van der Waals surface area (Å²) < 4.78 is 10.8. The number of furan rings is 1. The summed E-state index contributed by atoms with van der Waals surface area (Å²) in [4.78, 5) is 28.4. The Morgan fingerprint density at radius 1 is 1.07 bits per heavy atom. The third kappa shape index (κ3) is 3.76. The van der Waals surface area contributed by atoms with E-state index >= 15 is 0 Å². The van der Waals surface area contributed by atoms with Gasteiger partial charge in [0.15, 0.2) is 0 Å². The fraction of sp³-hybridized carbons (Fsp3) is 0.130. The second-order valence-electron chi connectivity index (χ2n) is 6.70. The molecule has 2 aromatic carbocycles. The SMILES string of the molecule is COc1ccc(Cl)cc1N1C(=O)C(SCc2ccco2)=C(c2ccc(C)cc2)C1=O. The van der Waals surface area contributed by atoms with Crippen molar-refractivity contribution in [2.24, 2.45) is 0 Å². The molecular weight excluding hydrogens is 422 g/mol. The molecule has 5 nitrogen and oxygen atoms in total. The Bertz CT molecular complexity index is 1140. The molecular formula is C23H18ClNO4S. The van der Waals surface area contributed by atoms with E-state index in [0.29, 0.717) is 38.3 Å². The Morgan fingerprint density at radius 2 is 1.83 bits per heavy atom. The topological polar surface area (TPSA) is 59.8 Å². The number of hydrogen-bond acceptors (Lipinski definition) is 5. The maximum absolute atomic E-state index is 13.5. The van der Waals surface area contributed by atoms with Gasteiger partial charge in [0.2, 0.25) is 0 Å². The lowest BCUT2D eigenvalue weighted by atomic mass is 10.0. The summed E-state index contributed by atoms with van der Waals surface area (Å²) in [7, 11) is 1.48. The van der Waals surface area contributed by atoms with Crippen LogP contribution in [0.4, 0.5) is 5.69 Å². The summed E-state index contributed by atoms with van der Waals surface area (Å²) in [6.45, 7) is 1.97. The van der Waals surface area contributed by atoms with Gasteiger partial charge < -0.3 is 9.15 Å². The van der Waals surface area contributed by atoms with Gasteiger partial charge in [-0.15, -0.1) is 11.8 Å². The molecule has 2 amide bonds. The molecule has 1 aliphatic heterocycles. The Labute approximate surface area is 183 Å². The first-order valence-electron chi connectivity index (χ1n) is 9.18. The van der Waals surface area contributed by atoms with Crippen LogP contribution in [0.25, 0.3) is 5.57 Å². The highest BCUT2D eigenvalue weighted by molar-refractivity contribution is 8.03. The lowest BCUT2D eigenvalue weighted by molar-refractivity contribution is -0.119. The number of ether oxygens (including phenoxy) is 1. The molecule has 0 aliphatic carbocycles. The van der Waals surface area contributed by atoms with Crippen molar-refractivity contribution >= 4 is 46.4 Å². The van der Waals surface area contributed by atoms with Crippen LogP contribution in [0.15, 0.2) is 70.2 Å². The molecule has 0 saturated carbocycles. The quantitative estimate of drug-likeness (QED) is 0.477. The van der Waals surface area contributed by atoms with Gasteiger partial charge in [0.1, 0.15) is 11.5 Å². The van der Waals surface area contributed by atoms with Crippen LogP contribution in [0.5, 0.6) is 5.75 Å². The van der Waals surface area contributed by atoms with Gasteiger partial charge in [0.25, 0.3) is 11.8 Å². The Hall–Kier alpha value is -2.96. The van der Waals surface area contributed by atoms with Crippen molar-refractivity contribution in [1.82, 2.24) is 0 Å². The van der Waals surface area contributed by atoms with Crippen molar-refractivity contribution in [2.45, 2.75) is 12.7 Å². The van der Waals surface area contributed by atoms with Crippen LogP contribution in [0.2, 0.25) is 5.02 Å². The van der Waals surface area contributed by atoms with E-state index in [1.165, 1.54) is 18.9 Å².